The maximum Gasteiger partial charge on any atom is 0.161 e. The van der Waals surface area contributed by atoms with E-state index < -0.39 is 0 Å². The molecule has 2 aromatic rings. The van der Waals surface area contributed by atoms with Crippen molar-refractivity contribution in [3.8, 4) is 17.2 Å². The smallest absolute Gasteiger partial charge is 0.161 e. The average Bonchev–Trinajstić information content (AvgIpc) is 2.54. The van der Waals surface area contributed by atoms with Crippen LogP contribution >= 0.6 is 0 Å². The zero-order valence-electron chi connectivity index (χ0n) is 12.6. The highest BCUT2D eigenvalue weighted by Crippen LogP contribution is 2.29. The van der Waals surface area contributed by atoms with Gasteiger partial charge in [-0.25, -0.2) is 0 Å². The summed E-state index contributed by atoms with van der Waals surface area (Å²) in [7, 11) is 0. The van der Waals surface area contributed by atoms with E-state index in [0.717, 1.165) is 11.3 Å². The fourth-order valence-corrected chi connectivity index (χ4v) is 1.99. The Morgan fingerprint density at radius 3 is 2.45 bits per heavy atom. The monoisotopic (exact) mass is 303 g/mol. The molecule has 0 aliphatic rings. The number of ether oxygens (including phenoxy) is 2. The molecule has 0 aliphatic carbocycles. The molecule has 0 radical (unpaired) electrons. The van der Waals surface area contributed by atoms with Gasteiger partial charge >= 0.3 is 0 Å². The lowest BCUT2D eigenvalue weighted by Crippen LogP contribution is -2.05. The molecule has 22 heavy (non-hydrogen) atoms. The summed E-state index contributed by atoms with van der Waals surface area (Å²) in [4.78, 5) is 0. The predicted octanol–water partition coefficient (Wildman–Crippen LogP) is 2.77. The second-order valence-electron chi connectivity index (χ2n) is 4.69. The largest absolute Gasteiger partial charge is 0.508 e. The topological polar surface area (TPSA) is 71.0 Å². The minimum Gasteiger partial charge on any atom is -0.508 e. The molecule has 0 unspecified atom stereocenters. The normalized spacial score (nSPS) is 10.3. The van der Waals surface area contributed by atoms with Crippen molar-refractivity contribution in [2.75, 3.05) is 25.1 Å². The molecule has 5 heteroatoms. The van der Waals surface area contributed by atoms with Crippen LogP contribution in [-0.4, -0.2) is 30.0 Å². The van der Waals surface area contributed by atoms with Gasteiger partial charge < -0.3 is 25.0 Å². The molecule has 3 N–H and O–H groups in total. The fraction of sp³-hybridized carbons (Fsp3) is 0.294. The summed E-state index contributed by atoms with van der Waals surface area (Å²) in [6, 6.07) is 12.6. The van der Waals surface area contributed by atoms with E-state index >= 15 is 0 Å². The van der Waals surface area contributed by atoms with Crippen LogP contribution in [0.2, 0.25) is 0 Å². The number of rotatable bonds is 8. The minimum atomic E-state index is -0.0320. The van der Waals surface area contributed by atoms with Gasteiger partial charge in [0.05, 0.1) is 13.2 Å². The Morgan fingerprint density at radius 1 is 1.00 bits per heavy atom. The lowest BCUT2D eigenvalue weighted by Gasteiger charge is -2.13. The third-order valence-electron chi connectivity index (χ3n) is 3.02. The van der Waals surface area contributed by atoms with E-state index in [1.54, 1.807) is 12.1 Å². The number of phenols is 1. The minimum absolute atomic E-state index is 0.0320. The van der Waals surface area contributed by atoms with E-state index in [2.05, 4.69) is 5.32 Å². The zero-order valence-corrected chi connectivity index (χ0v) is 12.6. The number of aliphatic hydroxyl groups excluding tert-OH is 1. The van der Waals surface area contributed by atoms with E-state index in [1.807, 2.05) is 37.3 Å². The Balaban J connectivity index is 2.04. The number of benzene rings is 2. The van der Waals surface area contributed by atoms with Crippen LogP contribution < -0.4 is 14.8 Å². The van der Waals surface area contributed by atoms with Crippen molar-refractivity contribution in [3.05, 3.63) is 48.0 Å². The first-order chi connectivity index (χ1) is 10.7. The zero-order chi connectivity index (χ0) is 15.8. The maximum absolute atomic E-state index is 9.26. The molecular weight excluding hydrogens is 282 g/mol. The second-order valence-corrected chi connectivity index (χ2v) is 4.69. The van der Waals surface area contributed by atoms with Crippen molar-refractivity contribution in [2.45, 2.75) is 13.5 Å². The number of hydrogen-bond donors (Lipinski definition) is 3. The van der Waals surface area contributed by atoms with Gasteiger partial charge in [0.2, 0.25) is 0 Å². The van der Waals surface area contributed by atoms with Crippen LogP contribution in [0.3, 0.4) is 0 Å². The lowest BCUT2D eigenvalue weighted by atomic mass is 10.2. The van der Waals surface area contributed by atoms with E-state index in [-0.39, 0.29) is 19.0 Å². The molecule has 118 valence electrons. The Bertz CT molecular complexity index is 584. The van der Waals surface area contributed by atoms with Crippen molar-refractivity contribution < 1.29 is 19.7 Å². The number of nitrogens with one attached hydrogen (secondary N) is 1. The summed E-state index contributed by atoms with van der Waals surface area (Å²) in [5, 5.41) is 21.4. The summed E-state index contributed by atoms with van der Waals surface area (Å²) < 4.78 is 11.0. The number of aliphatic hydroxyl groups is 1. The van der Waals surface area contributed by atoms with Gasteiger partial charge in [-0.1, -0.05) is 6.07 Å². The SMILES string of the molecule is CCOc1cc(CNc2ccc(O)cc2)ccc1OCCO. The van der Waals surface area contributed by atoms with Crippen molar-refractivity contribution >= 4 is 5.69 Å². The molecule has 0 atom stereocenters. The van der Waals surface area contributed by atoms with Gasteiger partial charge in [0.25, 0.3) is 0 Å². The number of aromatic hydroxyl groups is 1. The molecule has 0 aromatic heterocycles. The van der Waals surface area contributed by atoms with Gasteiger partial charge in [-0.05, 0) is 48.9 Å². The van der Waals surface area contributed by atoms with Crippen molar-refractivity contribution in [3.63, 3.8) is 0 Å². The third kappa shape index (κ3) is 4.56. The molecule has 5 nitrogen and oxygen atoms in total. The number of phenolic OH excluding ortho intramolecular Hbond substituents is 1. The number of anilines is 1. The summed E-state index contributed by atoms with van der Waals surface area (Å²) >= 11 is 0. The van der Waals surface area contributed by atoms with Gasteiger partial charge in [0, 0.05) is 12.2 Å². The molecular formula is C17H21NO4. The van der Waals surface area contributed by atoms with Gasteiger partial charge in [-0.15, -0.1) is 0 Å². The highest BCUT2D eigenvalue weighted by atomic mass is 16.5. The van der Waals surface area contributed by atoms with Crippen LogP contribution in [0.15, 0.2) is 42.5 Å². The quantitative estimate of drug-likeness (QED) is 0.654. The third-order valence-corrected chi connectivity index (χ3v) is 3.02. The second kappa shape index (κ2) is 8.14. The Hall–Kier alpha value is -2.40. The first kappa shape index (κ1) is 16.0. The van der Waals surface area contributed by atoms with E-state index in [9.17, 15) is 5.11 Å². The van der Waals surface area contributed by atoms with Crippen LogP contribution in [0.25, 0.3) is 0 Å². The summed E-state index contributed by atoms with van der Waals surface area (Å²) in [5.41, 5.74) is 1.98. The molecule has 2 rings (SSSR count). The van der Waals surface area contributed by atoms with Crippen molar-refractivity contribution in [2.24, 2.45) is 0 Å². The Kier molecular flexibility index (Phi) is 5.91. The van der Waals surface area contributed by atoms with Gasteiger partial charge in [0.1, 0.15) is 12.4 Å². The maximum atomic E-state index is 9.26. The molecule has 0 saturated heterocycles. The predicted molar refractivity (Wildman–Crippen MR) is 85.6 cm³/mol. The molecule has 0 saturated carbocycles. The van der Waals surface area contributed by atoms with Crippen molar-refractivity contribution in [1.29, 1.82) is 0 Å². The standard InChI is InChI=1S/C17H21NO4/c1-2-21-17-11-13(3-8-16(17)22-10-9-19)12-18-14-4-6-15(20)7-5-14/h3-8,11,18-20H,2,9-10,12H2,1H3. The Labute approximate surface area is 130 Å². The number of hydrogen-bond acceptors (Lipinski definition) is 5. The van der Waals surface area contributed by atoms with Crippen LogP contribution in [-0.2, 0) is 6.54 Å². The van der Waals surface area contributed by atoms with Gasteiger partial charge in [-0.3, -0.25) is 0 Å². The summed E-state index contributed by atoms with van der Waals surface area (Å²) in [5.74, 6) is 1.54. The molecule has 0 aliphatic heterocycles. The van der Waals surface area contributed by atoms with E-state index in [0.29, 0.717) is 24.7 Å². The molecule has 2 aromatic carbocycles. The van der Waals surface area contributed by atoms with Crippen LogP contribution in [0.5, 0.6) is 17.2 Å². The first-order valence-corrected chi connectivity index (χ1v) is 7.25. The molecule has 0 spiro atoms. The van der Waals surface area contributed by atoms with Crippen molar-refractivity contribution in [1.82, 2.24) is 0 Å². The Morgan fingerprint density at radius 2 is 1.77 bits per heavy atom. The average molecular weight is 303 g/mol. The lowest BCUT2D eigenvalue weighted by molar-refractivity contribution is 0.194. The van der Waals surface area contributed by atoms with Gasteiger partial charge in [0.15, 0.2) is 11.5 Å². The van der Waals surface area contributed by atoms with E-state index in [1.165, 1.54) is 0 Å². The molecule has 0 amide bonds. The van der Waals surface area contributed by atoms with Crippen LogP contribution in [0.1, 0.15) is 12.5 Å². The molecule has 0 fully saturated rings. The molecule has 0 heterocycles. The van der Waals surface area contributed by atoms with E-state index in [4.69, 9.17) is 14.6 Å². The highest BCUT2D eigenvalue weighted by molar-refractivity contribution is 5.48. The van der Waals surface area contributed by atoms with Crippen LogP contribution in [0.4, 0.5) is 5.69 Å². The summed E-state index contributed by atoms with van der Waals surface area (Å²) in [6.45, 7) is 3.30. The first-order valence-electron chi connectivity index (χ1n) is 7.25. The fourth-order valence-electron chi connectivity index (χ4n) is 1.99. The van der Waals surface area contributed by atoms with Crippen LogP contribution in [0, 0.1) is 0 Å². The van der Waals surface area contributed by atoms with Gasteiger partial charge in [-0.2, -0.15) is 0 Å². The summed E-state index contributed by atoms with van der Waals surface area (Å²) in [6.07, 6.45) is 0. The molecule has 0 bridgehead atoms. The highest BCUT2D eigenvalue weighted by Gasteiger charge is 2.06.